The SMILES string of the molecule is COC(=O)/C=C(/Nc1ccc(-n2cncn2)c(F)c1)C(=O)OC. The van der Waals surface area contributed by atoms with Crippen LogP contribution in [0.25, 0.3) is 5.69 Å². The van der Waals surface area contributed by atoms with Gasteiger partial charge in [-0.25, -0.2) is 23.6 Å². The molecular weight excluding hydrogens is 307 g/mol. The monoisotopic (exact) mass is 320 g/mol. The van der Waals surface area contributed by atoms with E-state index < -0.39 is 17.8 Å². The number of hydrogen-bond donors (Lipinski definition) is 1. The summed E-state index contributed by atoms with van der Waals surface area (Å²) >= 11 is 0. The Bertz CT molecular complexity index is 743. The molecule has 0 aliphatic carbocycles. The van der Waals surface area contributed by atoms with Gasteiger partial charge < -0.3 is 14.8 Å². The van der Waals surface area contributed by atoms with Gasteiger partial charge in [-0.15, -0.1) is 0 Å². The molecule has 0 unspecified atom stereocenters. The molecule has 2 aromatic rings. The van der Waals surface area contributed by atoms with E-state index in [1.54, 1.807) is 0 Å². The zero-order valence-corrected chi connectivity index (χ0v) is 12.3. The fraction of sp³-hybridized carbons (Fsp3) is 0.143. The molecule has 0 aliphatic heterocycles. The Morgan fingerprint density at radius 1 is 1.30 bits per heavy atom. The Hall–Kier alpha value is -3.23. The first-order valence-corrected chi connectivity index (χ1v) is 6.34. The van der Waals surface area contributed by atoms with Crippen molar-refractivity contribution in [2.24, 2.45) is 0 Å². The van der Waals surface area contributed by atoms with E-state index in [0.717, 1.165) is 19.3 Å². The summed E-state index contributed by atoms with van der Waals surface area (Å²) in [5.74, 6) is -2.14. The van der Waals surface area contributed by atoms with E-state index in [4.69, 9.17) is 0 Å². The average Bonchev–Trinajstić information content (AvgIpc) is 3.07. The Morgan fingerprint density at radius 3 is 2.65 bits per heavy atom. The van der Waals surface area contributed by atoms with Crippen molar-refractivity contribution in [2.45, 2.75) is 0 Å². The van der Waals surface area contributed by atoms with E-state index in [0.29, 0.717) is 0 Å². The van der Waals surface area contributed by atoms with Crippen LogP contribution in [0.3, 0.4) is 0 Å². The van der Waals surface area contributed by atoms with E-state index in [1.165, 1.54) is 36.6 Å². The quantitative estimate of drug-likeness (QED) is 0.650. The molecule has 0 spiro atoms. The molecule has 0 amide bonds. The maximum atomic E-state index is 14.1. The van der Waals surface area contributed by atoms with E-state index in [-0.39, 0.29) is 17.1 Å². The molecule has 1 aromatic carbocycles. The van der Waals surface area contributed by atoms with E-state index in [9.17, 15) is 14.0 Å². The molecule has 0 saturated carbocycles. The molecule has 2 rings (SSSR count). The van der Waals surface area contributed by atoms with Crippen LogP contribution < -0.4 is 5.32 Å². The summed E-state index contributed by atoms with van der Waals surface area (Å²) in [5, 5.41) is 6.44. The van der Waals surface area contributed by atoms with Crippen LogP contribution in [0.4, 0.5) is 10.1 Å². The average molecular weight is 320 g/mol. The molecule has 9 heteroatoms. The number of ether oxygens (including phenoxy) is 2. The fourth-order valence-electron chi connectivity index (χ4n) is 1.69. The number of nitrogens with one attached hydrogen (secondary N) is 1. The maximum absolute atomic E-state index is 14.1. The first kappa shape index (κ1) is 16.1. The third-order valence-electron chi connectivity index (χ3n) is 2.76. The standard InChI is InChI=1S/C14H13FN4O4/c1-22-13(20)6-11(14(21)23-2)18-9-3-4-12(10(15)5-9)19-8-16-7-17-19/h3-8,18H,1-2H3/b11-6+. The van der Waals surface area contributed by atoms with Gasteiger partial charge in [0.15, 0.2) is 5.82 Å². The molecule has 8 nitrogen and oxygen atoms in total. The van der Waals surface area contributed by atoms with Crippen LogP contribution in [0, 0.1) is 5.82 Å². The van der Waals surface area contributed by atoms with Crippen LogP contribution in [0.2, 0.25) is 0 Å². The van der Waals surface area contributed by atoms with Crippen molar-refractivity contribution in [1.82, 2.24) is 14.8 Å². The molecule has 1 N–H and O–H groups in total. The van der Waals surface area contributed by atoms with Crippen molar-refractivity contribution < 1.29 is 23.5 Å². The highest BCUT2D eigenvalue weighted by atomic mass is 19.1. The summed E-state index contributed by atoms with van der Waals surface area (Å²) in [4.78, 5) is 26.6. The van der Waals surface area contributed by atoms with Crippen LogP contribution in [0.5, 0.6) is 0 Å². The van der Waals surface area contributed by atoms with Crippen molar-refractivity contribution in [3.63, 3.8) is 0 Å². The van der Waals surface area contributed by atoms with Crippen LogP contribution >= 0.6 is 0 Å². The fourth-order valence-corrected chi connectivity index (χ4v) is 1.69. The largest absolute Gasteiger partial charge is 0.466 e. The maximum Gasteiger partial charge on any atom is 0.354 e. The van der Waals surface area contributed by atoms with Gasteiger partial charge in [-0.1, -0.05) is 0 Å². The molecule has 0 aliphatic rings. The molecule has 0 fully saturated rings. The number of nitrogens with zero attached hydrogens (tertiary/aromatic N) is 3. The molecule has 1 aromatic heterocycles. The third kappa shape index (κ3) is 3.90. The highest BCUT2D eigenvalue weighted by Gasteiger charge is 2.14. The number of halogens is 1. The lowest BCUT2D eigenvalue weighted by Crippen LogP contribution is -2.15. The lowest BCUT2D eigenvalue weighted by Gasteiger charge is -2.10. The van der Waals surface area contributed by atoms with E-state index in [2.05, 4.69) is 24.9 Å². The minimum absolute atomic E-state index is 0.185. The lowest BCUT2D eigenvalue weighted by molar-refractivity contribution is -0.138. The summed E-state index contributed by atoms with van der Waals surface area (Å²) in [6.07, 6.45) is 3.54. The minimum Gasteiger partial charge on any atom is -0.466 e. The summed E-state index contributed by atoms with van der Waals surface area (Å²) in [6, 6.07) is 4.10. The highest BCUT2D eigenvalue weighted by Crippen LogP contribution is 2.19. The van der Waals surface area contributed by atoms with Crippen molar-refractivity contribution in [3.05, 3.63) is 48.4 Å². The van der Waals surface area contributed by atoms with Gasteiger partial charge in [-0.05, 0) is 18.2 Å². The van der Waals surface area contributed by atoms with Crippen LogP contribution in [0.15, 0.2) is 42.6 Å². The second-order valence-electron chi connectivity index (χ2n) is 4.20. The number of benzene rings is 1. The van der Waals surface area contributed by atoms with Crippen LogP contribution in [0.1, 0.15) is 0 Å². The third-order valence-corrected chi connectivity index (χ3v) is 2.76. The van der Waals surface area contributed by atoms with E-state index >= 15 is 0 Å². The minimum atomic E-state index is -0.795. The Kier molecular flexibility index (Phi) is 5.03. The van der Waals surface area contributed by atoms with Crippen molar-refractivity contribution in [2.75, 3.05) is 19.5 Å². The number of anilines is 1. The molecule has 1 heterocycles. The molecule has 0 bridgehead atoms. The summed E-state index contributed by atoms with van der Waals surface area (Å²) in [5.41, 5.74) is 0.240. The van der Waals surface area contributed by atoms with Gasteiger partial charge in [0.05, 0.1) is 20.3 Å². The zero-order chi connectivity index (χ0) is 16.8. The van der Waals surface area contributed by atoms with Crippen LogP contribution in [-0.2, 0) is 19.1 Å². The van der Waals surface area contributed by atoms with E-state index in [1.807, 2.05) is 0 Å². The number of methoxy groups -OCH3 is 2. The first-order valence-electron chi connectivity index (χ1n) is 6.34. The molecule has 0 atom stereocenters. The Morgan fingerprint density at radius 2 is 2.09 bits per heavy atom. The lowest BCUT2D eigenvalue weighted by atomic mass is 10.2. The first-order chi connectivity index (χ1) is 11.0. The number of carbonyl (C=O) groups is 2. The van der Waals surface area contributed by atoms with Crippen LogP contribution in [-0.4, -0.2) is 40.9 Å². The Balaban J connectivity index is 2.27. The molecule has 120 valence electrons. The number of aromatic nitrogens is 3. The van der Waals surface area contributed by atoms with Crippen molar-refractivity contribution in [1.29, 1.82) is 0 Å². The predicted molar refractivity (Wildman–Crippen MR) is 77.1 cm³/mol. The molecule has 0 saturated heterocycles. The highest BCUT2D eigenvalue weighted by molar-refractivity contribution is 5.98. The normalized spacial score (nSPS) is 11.0. The summed E-state index contributed by atoms with van der Waals surface area (Å²) < 4.78 is 24.4. The van der Waals surface area contributed by atoms with Gasteiger partial charge in [-0.3, -0.25) is 0 Å². The smallest absolute Gasteiger partial charge is 0.354 e. The second-order valence-corrected chi connectivity index (χ2v) is 4.20. The van der Waals surface area contributed by atoms with Crippen molar-refractivity contribution in [3.8, 4) is 5.69 Å². The number of carbonyl (C=O) groups excluding carboxylic acids is 2. The number of hydrogen-bond acceptors (Lipinski definition) is 7. The predicted octanol–water partition coefficient (Wildman–Crippen LogP) is 1.05. The van der Waals surface area contributed by atoms with Gasteiger partial charge in [-0.2, -0.15) is 5.10 Å². The Labute approximate surface area is 130 Å². The van der Waals surface area contributed by atoms with Gasteiger partial charge in [0.2, 0.25) is 0 Å². The van der Waals surface area contributed by atoms with Crippen molar-refractivity contribution >= 4 is 17.6 Å². The zero-order valence-electron chi connectivity index (χ0n) is 12.3. The number of esters is 2. The molecule has 23 heavy (non-hydrogen) atoms. The van der Waals surface area contributed by atoms with Gasteiger partial charge in [0.1, 0.15) is 24.0 Å². The van der Waals surface area contributed by atoms with Gasteiger partial charge in [0, 0.05) is 5.69 Å². The number of rotatable bonds is 5. The molecule has 0 radical (unpaired) electrons. The topological polar surface area (TPSA) is 95.3 Å². The van der Waals surface area contributed by atoms with Gasteiger partial charge in [0.25, 0.3) is 0 Å². The molecular formula is C14H13FN4O4. The second kappa shape index (κ2) is 7.16. The summed E-state index contributed by atoms with van der Waals surface area (Å²) in [6.45, 7) is 0. The van der Waals surface area contributed by atoms with Gasteiger partial charge >= 0.3 is 11.9 Å². The summed E-state index contributed by atoms with van der Waals surface area (Å²) in [7, 11) is 2.32.